The summed E-state index contributed by atoms with van der Waals surface area (Å²) < 4.78 is 0. The summed E-state index contributed by atoms with van der Waals surface area (Å²) in [7, 11) is 0. The van der Waals surface area contributed by atoms with Gasteiger partial charge in [-0.3, -0.25) is 4.79 Å². The molecule has 1 aromatic rings. The summed E-state index contributed by atoms with van der Waals surface area (Å²) in [6, 6.07) is 0.0989. The molecule has 0 radical (unpaired) electrons. The van der Waals surface area contributed by atoms with Crippen molar-refractivity contribution in [2.45, 2.75) is 44.6 Å². The molecule has 0 unspecified atom stereocenters. The fraction of sp³-hybridized carbons (Fsp3) is 0.636. The van der Waals surface area contributed by atoms with Gasteiger partial charge in [0, 0.05) is 6.04 Å². The molecule has 1 fully saturated rings. The third-order valence-corrected chi connectivity index (χ3v) is 3.64. The largest absolute Gasteiger partial charge is 0.362 e. The molecule has 2 rings (SSSR count). The topological polar surface area (TPSA) is 101 Å². The first-order chi connectivity index (χ1) is 9.09. The first-order valence-corrected chi connectivity index (χ1v) is 6.66. The number of nitro groups is 1. The lowest BCUT2D eigenvalue weighted by Crippen LogP contribution is -2.34. The van der Waals surface area contributed by atoms with Gasteiger partial charge in [0.15, 0.2) is 10.7 Å². The Kier molecular flexibility index (Phi) is 4.36. The van der Waals surface area contributed by atoms with Crippen LogP contribution in [0.1, 0.15) is 49.0 Å². The van der Waals surface area contributed by atoms with Crippen LogP contribution in [0.3, 0.4) is 0 Å². The van der Waals surface area contributed by atoms with Gasteiger partial charge >= 0.3 is 5.82 Å². The van der Waals surface area contributed by atoms with E-state index in [4.69, 9.17) is 11.6 Å². The van der Waals surface area contributed by atoms with E-state index in [1.54, 1.807) is 0 Å². The van der Waals surface area contributed by atoms with E-state index in [1.807, 2.05) is 0 Å². The van der Waals surface area contributed by atoms with Crippen LogP contribution in [0.15, 0.2) is 0 Å². The van der Waals surface area contributed by atoms with Crippen molar-refractivity contribution in [1.29, 1.82) is 0 Å². The maximum absolute atomic E-state index is 12.0. The molecule has 7 nitrogen and oxygen atoms in total. The second kappa shape index (κ2) is 6.01. The molecule has 1 heterocycles. The Labute approximate surface area is 114 Å². The Morgan fingerprint density at radius 3 is 2.53 bits per heavy atom. The van der Waals surface area contributed by atoms with Crippen molar-refractivity contribution in [2.24, 2.45) is 0 Å². The number of nitrogens with one attached hydrogen (secondary N) is 2. The molecule has 0 aromatic carbocycles. The van der Waals surface area contributed by atoms with Crippen molar-refractivity contribution in [3.8, 4) is 0 Å². The number of carbonyl (C=O) groups excluding carboxylic acids is 1. The number of H-pyrrole nitrogens is 1. The van der Waals surface area contributed by atoms with Gasteiger partial charge in [-0.1, -0.05) is 42.4 Å². The quantitative estimate of drug-likeness (QED) is 0.506. The number of aromatic amines is 1. The van der Waals surface area contributed by atoms with Gasteiger partial charge in [0.05, 0.1) is 0 Å². The van der Waals surface area contributed by atoms with Crippen LogP contribution in [0.5, 0.6) is 0 Å². The van der Waals surface area contributed by atoms with E-state index in [-0.39, 0.29) is 16.8 Å². The van der Waals surface area contributed by atoms with Crippen molar-refractivity contribution in [3.63, 3.8) is 0 Å². The van der Waals surface area contributed by atoms with Crippen LogP contribution in [0.25, 0.3) is 0 Å². The van der Waals surface area contributed by atoms with Crippen LogP contribution in [0.4, 0.5) is 5.82 Å². The summed E-state index contributed by atoms with van der Waals surface area (Å²) in [4.78, 5) is 21.9. The molecule has 1 amide bonds. The summed E-state index contributed by atoms with van der Waals surface area (Å²) in [6.45, 7) is 0. The molecular formula is C11H15ClN4O3. The zero-order valence-corrected chi connectivity index (χ0v) is 11.1. The highest BCUT2D eigenvalue weighted by Crippen LogP contribution is 2.25. The van der Waals surface area contributed by atoms with Gasteiger partial charge in [-0.15, -0.1) is 5.10 Å². The fourth-order valence-corrected chi connectivity index (χ4v) is 2.51. The van der Waals surface area contributed by atoms with E-state index < -0.39 is 16.6 Å². The van der Waals surface area contributed by atoms with Gasteiger partial charge in [0.1, 0.15) is 0 Å². The summed E-state index contributed by atoms with van der Waals surface area (Å²) in [6.07, 6.45) is 6.38. The van der Waals surface area contributed by atoms with Gasteiger partial charge in [0.2, 0.25) is 0 Å². The molecule has 104 valence electrons. The number of aromatic nitrogens is 2. The first kappa shape index (κ1) is 13.8. The molecule has 1 saturated carbocycles. The number of hydrogen-bond acceptors (Lipinski definition) is 4. The second-order valence-electron chi connectivity index (χ2n) is 4.65. The van der Waals surface area contributed by atoms with E-state index in [0.717, 1.165) is 25.7 Å². The molecule has 8 heteroatoms. The molecule has 1 aliphatic rings. The number of carbonyl (C=O) groups is 1. The molecule has 0 spiro atoms. The van der Waals surface area contributed by atoms with Crippen molar-refractivity contribution in [1.82, 2.24) is 15.5 Å². The van der Waals surface area contributed by atoms with E-state index >= 15 is 0 Å². The lowest BCUT2D eigenvalue weighted by atomic mass is 10.1. The lowest BCUT2D eigenvalue weighted by Gasteiger charge is -2.14. The molecule has 0 saturated heterocycles. The molecule has 0 bridgehead atoms. The third kappa shape index (κ3) is 3.23. The number of hydrogen-bond donors (Lipinski definition) is 2. The average Bonchev–Trinajstić information content (AvgIpc) is 2.58. The Bertz CT molecular complexity index is 480. The molecule has 1 aromatic heterocycles. The highest BCUT2D eigenvalue weighted by atomic mass is 35.5. The highest BCUT2D eigenvalue weighted by molar-refractivity contribution is 6.35. The fourth-order valence-electron chi connectivity index (χ4n) is 2.27. The Balaban J connectivity index is 2.05. The van der Waals surface area contributed by atoms with Crippen LogP contribution in [-0.4, -0.2) is 27.1 Å². The smallest absolute Gasteiger partial charge is 0.358 e. The number of amides is 1. The summed E-state index contributed by atoms with van der Waals surface area (Å²) >= 11 is 5.77. The van der Waals surface area contributed by atoms with E-state index in [9.17, 15) is 14.9 Å². The summed E-state index contributed by atoms with van der Waals surface area (Å²) in [5.74, 6) is -0.908. The SMILES string of the molecule is O=C(NC1CCCCCC1)c1n[nH]c([N+](=O)[O-])c1Cl. The zero-order chi connectivity index (χ0) is 13.8. The summed E-state index contributed by atoms with van der Waals surface area (Å²) in [5.41, 5.74) is -0.113. The zero-order valence-electron chi connectivity index (χ0n) is 10.3. The third-order valence-electron chi connectivity index (χ3n) is 3.28. The standard InChI is InChI=1S/C11H15ClN4O3/c12-8-9(14-15-10(8)16(18)19)11(17)13-7-5-3-1-2-4-6-7/h7H,1-6H2,(H,13,17)(H,14,15). The van der Waals surface area contributed by atoms with Gasteiger partial charge in [-0.05, 0) is 17.8 Å². The van der Waals surface area contributed by atoms with Crippen LogP contribution in [0.2, 0.25) is 5.02 Å². The van der Waals surface area contributed by atoms with Crippen LogP contribution in [-0.2, 0) is 0 Å². The van der Waals surface area contributed by atoms with Crippen molar-refractivity contribution < 1.29 is 9.72 Å². The number of nitrogens with zero attached hydrogens (tertiary/aromatic N) is 2. The first-order valence-electron chi connectivity index (χ1n) is 6.28. The molecule has 19 heavy (non-hydrogen) atoms. The molecular weight excluding hydrogens is 272 g/mol. The molecule has 1 aliphatic carbocycles. The van der Waals surface area contributed by atoms with Gasteiger partial charge in [-0.2, -0.15) is 0 Å². The average molecular weight is 287 g/mol. The van der Waals surface area contributed by atoms with Crippen molar-refractivity contribution in [2.75, 3.05) is 0 Å². The van der Waals surface area contributed by atoms with E-state index in [2.05, 4.69) is 15.5 Å². The predicted octanol–water partition coefficient (Wildman–Crippen LogP) is 2.42. The molecule has 0 atom stereocenters. The van der Waals surface area contributed by atoms with Crippen LogP contribution >= 0.6 is 11.6 Å². The molecule has 2 N–H and O–H groups in total. The van der Waals surface area contributed by atoms with Crippen LogP contribution < -0.4 is 5.32 Å². The van der Waals surface area contributed by atoms with Gasteiger partial charge in [-0.25, -0.2) is 0 Å². The monoisotopic (exact) mass is 286 g/mol. The Morgan fingerprint density at radius 1 is 1.37 bits per heavy atom. The second-order valence-corrected chi connectivity index (χ2v) is 5.03. The van der Waals surface area contributed by atoms with Crippen molar-refractivity contribution >= 4 is 23.3 Å². The Morgan fingerprint density at radius 2 is 2.00 bits per heavy atom. The lowest BCUT2D eigenvalue weighted by molar-refractivity contribution is -0.389. The Hall–Kier alpha value is -1.63. The predicted molar refractivity (Wildman–Crippen MR) is 69.2 cm³/mol. The van der Waals surface area contributed by atoms with E-state index in [1.165, 1.54) is 12.8 Å². The maximum atomic E-state index is 12.0. The number of halogens is 1. The maximum Gasteiger partial charge on any atom is 0.362 e. The van der Waals surface area contributed by atoms with Gasteiger partial charge < -0.3 is 15.4 Å². The normalized spacial score (nSPS) is 16.9. The van der Waals surface area contributed by atoms with Crippen molar-refractivity contribution in [3.05, 3.63) is 20.8 Å². The van der Waals surface area contributed by atoms with Crippen LogP contribution in [0, 0.1) is 10.1 Å². The van der Waals surface area contributed by atoms with E-state index in [0.29, 0.717) is 0 Å². The minimum atomic E-state index is -0.697. The summed E-state index contributed by atoms with van der Waals surface area (Å²) in [5, 5.41) is 19.0. The molecule has 0 aliphatic heterocycles. The van der Waals surface area contributed by atoms with Gasteiger partial charge in [0.25, 0.3) is 5.91 Å². The highest BCUT2D eigenvalue weighted by Gasteiger charge is 2.26. The minimum Gasteiger partial charge on any atom is -0.358 e. The minimum absolute atomic E-state index is 0.0989. The number of rotatable bonds is 3.